The number of nitrogens with zero attached hydrogens (tertiary/aromatic N) is 4. The number of benzene rings is 1. The highest BCUT2D eigenvalue weighted by Gasteiger charge is 2.32. The van der Waals surface area contributed by atoms with Crippen molar-refractivity contribution in [3.63, 3.8) is 0 Å². The Morgan fingerprint density at radius 2 is 1.81 bits per heavy atom. The zero-order chi connectivity index (χ0) is 18.9. The topological polar surface area (TPSA) is 89.2 Å². The summed E-state index contributed by atoms with van der Waals surface area (Å²) < 4.78 is 45.5. The van der Waals surface area contributed by atoms with E-state index in [9.17, 15) is 12.8 Å². The van der Waals surface area contributed by atoms with Crippen molar-refractivity contribution in [1.82, 2.24) is 19.5 Å². The molecule has 0 N–H and O–H groups in total. The van der Waals surface area contributed by atoms with Gasteiger partial charge in [-0.25, -0.2) is 12.8 Å². The van der Waals surface area contributed by atoms with Gasteiger partial charge >= 0.3 is 0 Å². The fourth-order valence-corrected chi connectivity index (χ4v) is 4.53. The van der Waals surface area contributed by atoms with Gasteiger partial charge in [-0.3, -0.25) is 4.98 Å². The lowest BCUT2D eigenvalue weighted by Gasteiger charge is -2.29. The number of hydrogen-bond acceptors (Lipinski definition) is 6. The number of halogens is 1. The van der Waals surface area contributed by atoms with Crippen molar-refractivity contribution in [2.75, 3.05) is 13.1 Å². The van der Waals surface area contributed by atoms with E-state index in [1.54, 1.807) is 30.5 Å². The van der Waals surface area contributed by atoms with Crippen LogP contribution >= 0.6 is 0 Å². The maximum absolute atomic E-state index is 13.0. The fourth-order valence-electron chi connectivity index (χ4n) is 3.10. The minimum atomic E-state index is -3.54. The van der Waals surface area contributed by atoms with Crippen LogP contribution in [0, 0.1) is 5.82 Å². The van der Waals surface area contributed by atoms with Crippen molar-refractivity contribution in [3.05, 3.63) is 60.5 Å². The van der Waals surface area contributed by atoms with Crippen LogP contribution in [0.4, 0.5) is 4.39 Å². The molecule has 7 nitrogen and oxygen atoms in total. The summed E-state index contributed by atoms with van der Waals surface area (Å²) in [6.07, 6.45) is 4.07. The minimum Gasteiger partial charge on any atom is -0.420 e. The molecule has 27 heavy (non-hydrogen) atoms. The van der Waals surface area contributed by atoms with E-state index in [1.807, 2.05) is 0 Å². The van der Waals surface area contributed by atoms with E-state index in [1.165, 1.54) is 22.6 Å². The van der Waals surface area contributed by atoms with E-state index >= 15 is 0 Å². The molecular formula is C18H17FN4O3S. The van der Waals surface area contributed by atoms with Gasteiger partial charge in [-0.05, 0) is 49.2 Å². The largest absolute Gasteiger partial charge is 0.420 e. The smallest absolute Gasteiger partial charge is 0.247 e. The average molecular weight is 388 g/mol. The second kappa shape index (κ2) is 7.16. The molecule has 3 aromatic rings. The SMILES string of the molecule is O=S(=O)(c1cccnc1)N1CCC(c2nnc(-c3ccc(F)cc3)o2)CC1. The molecule has 140 valence electrons. The van der Waals surface area contributed by atoms with E-state index in [-0.39, 0.29) is 16.6 Å². The second-order valence-electron chi connectivity index (χ2n) is 6.32. The third kappa shape index (κ3) is 3.60. The molecule has 0 saturated carbocycles. The van der Waals surface area contributed by atoms with Crippen molar-refractivity contribution in [2.45, 2.75) is 23.7 Å². The van der Waals surface area contributed by atoms with Crippen LogP contribution in [0.25, 0.3) is 11.5 Å². The molecule has 1 saturated heterocycles. The number of sulfonamides is 1. The van der Waals surface area contributed by atoms with E-state index in [4.69, 9.17) is 4.42 Å². The van der Waals surface area contributed by atoms with Gasteiger partial charge in [0, 0.05) is 37.0 Å². The molecular weight excluding hydrogens is 371 g/mol. The molecule has 2 aromatic heterocycles. The summed E-state index contributed by atoms with van der Waals surface area (Å²) in [5.41, 5.74) is 0.645. The first-order valence-corrected chi connectivity index (χ1v) is 9.97. The average Bonchev–Trinajstić information content (AvgIpc) is 3.19. The van der Waals surface area contributed by atoms with E-state index < -0.39 is 10.0 Å². The van der Waals surface area contributed by atoms with Crippen molar-refractivity contribution >= 4 is 10.0 Å². The predicted molar refractivity (Wildman–Crippen MR) is 94.7 cm³/mol. The standard InChI is InChI=1S/C18H17FN4O3S/c19-15-5-3-13(4-6-15)17-21-22-18(26-17)14-7-10-23(11-8-14)27(24,25)16-2-1-9-20-12-16/h1-6,9,12,14H,7-8,10-11H2. The predicted octanol–water partition coefficient (Wildman–Crippen LogP) is 2.84. The Kier molecular flexibility index (Phi) is 4.71. The Morgan fingerprint density at radius 3 is 2.48 bits per heavy atom. The number of pyridine rings is 1. The van der Waals surface area contributed by atoms with Crippen LogP contribution in [0.2, 0.25) is 0 Å². The molecule has 0 spiro atoms. The third-order valence-electron chi connectivity index (χ3n) is 4.61. The first kappa shape index (κ1) is 17.7. The quantitative estimate of drug-likeness (QED) is 0.683. The lowest BCUT2D eigenvalue weighted by molar-refractivity contribution is 0.291. The van der Waals surface area contributed by atoms with Gasteiger partial charge in [0.25, 0.3) is 0 Å². The summed E-state index contributed by atoms with van der Waals surface area (Å²) in [6, 6.07) is 8.98. The highest BCUT2D eigenvalue weighted by molar-refractivity contribution is 7.89. The Balaban J connectivity index is 1.45. The van der Waals surface area contributed by atoms with Crippen LogP contribution in [0.15, 0.2) is 58.1 Å². The monoisotopic (exact) mass is 388 g/mol. The zero-order valence-electron chi connectivity index (χ0n) is 14.3. The second-order valence-corrected chi connectivity index (χ2v) is 8.26. The van der Waals surface area contributed by atoms with E-state index in [0.717, 1.165) is 0 Å². The lowest BCUT2D eigenvalue weighted by atomic mass is 9.98. The van der Waals surface area contributed by atoms with Gasteiger partial charge in [0.15, 0.2) is 0 Å². The molecule has 1 aromatic carbocycles. The van der Waals surface area contributed by atoms with Crippen molar-refractivity contribution in [2.24, 2.45) is 0 Å². The van der Waals surface area contributed by atoms with Crippen LogP contribution < -0.4 is 0 Å². The molecule has 0 radical (unpaired) electrons. The van der Waals surface area contributed by atoms with Gasteiger partial charge < -0.3 is 4.42 Å². The van der Waals surface area contributed by atoms with E-state index in [0.29, 0.717) is 43.3 Å². The van der Waals surface area contributed by atoms with Crippen LogP contribution in [0.3, 0.4) is 0 Å². The first-order chi connectivity index (χ1) is 13.0. The molecule has 1 fully saturated rings. The Bertz CT molecular complexity index is 1010. The number of hydrogen-bond donors (Lipinski definition) is 0. The molecule has 0 amide bonds. The Morgan fingerprint density at radius 1 is 1.07 bits per heavy atom. The van der Waals surface area contributed by atoms with Gasteiger partial charge in [0.1, 0.15) is 10.7 Å². The van der Waals surface area contributed by atoms with Gasteiger partial charge in [-0.1, -0.05) is 0 Å². The maximum Gasteiger partial charge on any atom is 0.247 e. The molecule has 9 heteroatoms. The van der Waals surface area contributed by atoms with Crippen LogP contribution in [-0.4, -0.2) is 41.0 Å². The summed E-state index contributed by atoms with van der Waals surface area (Å²) in [7, 11) is -3.54. The fraction of sp³-hybridized carbons (Fsp3) is 0.278. The van der Waals surface area contributed by atoms with Crippen molar-refractivity contribution < 1.29 is 17.2 Å². The highest BCUT2D eigenvalue weighted by atomic mass is 32.2. The third-order valence-corrected chi connectivity index (χ3v) is 6.49. The number of aromatic nitrogens is 3. The van der Waals surface area contributed by atoms with Crippen LogP contribution in [0.1, 0.15) is 24.7 Å². The van der Waals surface area contributed by atoms with Gasteiger partial charge in [-0.15, -0.1) is 10.2 Å². The van der Waals surface area contributed by atoms with Gasteiger partial charge in [0.05, 0.1) is 0 Å². The van der Waals surface area contributed by atoms with Gasteiger partial charge in [0.2, 0.25) is 21.8 Å². The van der Waals surface area contributed by atoms with Crippen LogP contribution in [0.5, 0.6) is 0 Å². The normalized spacial score (nSPS) is 16.5. The molecule has 1 aliphatic rings. The number of rotatable bonds is 4. The molecule has 0 aliphatic carbocycles. The molecule has 0 atom stereocenters. The number of piperidine rings is 1. The van der Waals surface area contributed by atoms with Gasteiger partial charge in [-0.2, -0.15) is 4.31 Å². The molecule has 0 bridgehead atoms. The minimum absolute atomic E-state index is 0.00736. The zero-order valence-corrected chi connectivity index (χ0v) is 15.1. The summed E-state index contributed by atoms with van der Waals surface area (Å²) in [5, 5.41) is 8.12. The highest BCUT2D eigenvalue weighted by Crippen LogP contribution is 2.31. The van der Waals surface area contributed by atoms with Crippen molar-refractivity contribution in [1.29, 1.82) is 0 Å². The lowest BCUT2D eigenvalue weighted by Crippen LogP contribution is -2.38. The Labute approximate surface area is 155 Å². The molecule has 4 rings (SSSR count). The summed E-state index contributed by atoms with van der Waals surface area (Å²) >= 11 is 0. The van der Waals surface area contributed by atoms with Crippen molar-refractivity contribution in [3.8, 4) is 11.5 Å². The summed E-state index contributed by atoms with van der Waals surface area (Å²) in [5.74, 6) is 0.468. The summed E-state index contributed by atoms with van der Waals surface area (Å²) in [6.45, 7) is 0.742. The summed E-state index contributed by atoms with van der Waals surface area (Å²) in [4.78, 5) is 4.08. The molecule has 3 heterocycles. The molecule has 1 aliphatic heterocycles. The maximum atomic E-state index is 13.0. The Hall–Kier alpha value is -2.65. The first-order valence-electron chi connectivity index (χ1n) is 8.53. The molecule has 0 unspecified atom stereocenters. The van der Waals surface area contributed by atoms with E-state index in [2.05, 4.69) is 15.2 Å². The van der Waals surface area contributed by atoms with Crippen LogP contribution in [-0.2, 0) is 10.0 Å².